The van der Waals surface area contributed by atoms with Crippen molar-refractivity contribution < 1.29 is 18.7 Å². The van der Waals surface area contributed by atoms with Gasteiger partial charge in [-0.25, -0.2) is 9.18 Å². The van der Waals surface area contributed by atoms with E-state index in [1.807, 2.05) is 30.3 Å². The Bertz CT molecular complexity index is 770. The summed E-state index contributed by atoms with van der Waals surface area (Å²) in [5.41, 5.74) is 6.72. The number of rotatable bonds is 4. The van der Waals surface area contributed by atoms with E-state index in [-0.39, 0.29) is 36.2 Å². The van der Waals surface area contributed by atoms with E-state index in [2.05, 4.69) is 0 Å². The van der Waals surface area contributed by atoms with Crippen LogP contribution < -0.4 is 10.6 Å². The lowest BCUT2D eigenvalue weighted by molar-refractivity contribution is -0.118. The van der Waals surface area contributed by atoms with Gasteiger partial charge in [0, 0.05) is 6.54 Å². The number of nitrogens with zero attached hydrogens (tertiary/aromatic N) is 1. The van der Waals surface area contributed by atoms with Crippen LogP contribution >= 0.6 is 12.4 Å². The summed E-state index contributed by atoms with van der Waals surface area (Å²) in [6.07, 6.45) is 0.485. The highest BCUT2D eigenvalue weighted by Crippen LogP contribution is 2.25. The zero-order valence-corrected chi connectivity index (χ0v) is 14.2. The second kappa shape index (κ2) is 8.09. The number of nitrogens with two attached hydrogens (primary N) is 1. The van der Waals surface area contributed by atoms with E-state index in [0.717, 1.165) is 11.6 Å². The summed E-state index contributed by atoms with van der Waals surface area (Å²) < 4.78 is 19.4. The average molecular weight is 365 g/mol. The topological polar surface area (TPSA) is 72.6 Å². The predicted molar refractivity (Wildman–Crippen MR) is 94.2 cm³/mol. The van der Waals surface area contributed by atoms with Gasteiger partial charge in [-0.2, -0.15) is 0 Å². The minimum Gasteiger partial charge on any atom is -0.457 e. The smallest absolute Gasteiger partial charge is 0.338 e. The average Bonchev–Trinajstić information content (AvgIpc) is 2.93. The number of carbonyl (C=O) groups is 2. The van der Waals surface area contributed by atoms with Crippen LogP contribution in [0.3, 0.4) is 0 Å². The first-order chi connectivity index (χ1) is 11.6. The maximum absolute atomic E-state index is 14.3. The van der Waals surface area contributed by atoms with Gasteiger partial charge in [0.1, 0.15) is 12.4 Å². The molecule has 0 aromatic heterocycles. The SMILES string of the molecule is Cl.NC1CCN(c2ccc(C(=O)OCc3ccccc3)cc2F)C1=O. The van der Waals surface area contributed by atoms with Crippen molar-refractivity contribution in [2.45, 2.75) is 19.1 Å². The zero-order valence-electron chi connectivity index (χ0n) is 13.4. The summed E-state index contributed by atoms with van der Waals surface area (Å²) in [6.45, 7) is 0.483. The van der Waals surface area contributed by atoms with Crippen LogP contribution in [0.25, 0.3) is 0 Å². The fourth-order valence-electron chi connectivity index (χ4n) is 2.60. The lowest BCUT2D eigenvalue weighted by Crippen LogP contribution is -2.34. The van der Waals surface area contributed by atoms with E-state index in [9.17, 15) is 14.0 Å². The highest BCUT2D eigenvalue weighted by Gasteiger charge is 2.31. The molecule has 0 saturated carbocycles. The molecular weight excluding hydrogens is 347 g/mol. The Morgan fingerprint density at radius 2 is 1.96 bits per heavy atom. The molecule has 0 spiro atoms. The van der Waals surface area contributed by atoms with E-state index in [0.29, 0.717) is 13.0 Å². The van der Waals surface area contributed by atoms with Gasteiger partial charge >= 0.3 is 5.97 Å². The number of halogens is 2. The number of hydrogen-bond acceptors (Lipinski definition) is 4. The van der Waals surface area contributed by atoms with Crippen molar-refractivity contribution in [3.8, 4) is 0 Å². The zero-order chi connectivity index (χ0) is 17.1. The molecule has 7 heteroatoms. The molecule has 1 aliphatic rings. The molecule has 5 nitrogen and oxygen atoms in total. The molecule has 2 aromatic carbocycles. The molecule has 25 heavy (non-hydrogen) atoms. The summed E-state index contributed by atoms with van der Waals surface area (Å²) in [5.74, 6) is -1.58. The minimum atomic E-state index is -0.647. The molecule has 1 heterocycles. The van der Waals surface area contributed by atoms with E-state index in [4.69, 9.17) is 10.5 Å². The first-order valence-corrected chi connectivity index (χ1v) is 7.64. The van der Waals surface area contributed by atoms with Crippen LogP contribution in [-0.2, 0) is 16.1 Å². The maximum atomic E-state index is 14.3. The minimum absolute atomic E-state index is 0. The predicted octanol–water partition coefficient (Wildman–Crippen LogP) is 2.67. The monoisotopic (exact) mass is 364 g/mol. The Balaban J connectivity index is 0.00000225. The van der Waals surface area contributed by atoms with Crippen molar-refractivity contribution in [2.75, 3.05) is 11.4 Å². The molecule has 1 fully saturated rings. The van der Waals surface area contributed by atoms with Crippen molar-refractivity contribution in [1.29, 1.82) is 0 Å². The number of amides is 1. The van der Waals surface area contributed by atoms with Crippen LogP contribution in [0.5, 0.6) is 0 Å². The fraction of sp³-hybridized carbons (Fsp3) is 0.222. The summed E-state index contributed by atoms with van der Waals surface area (Å²) in [4.78, 5) is 25.2. The third-order valence-corrected chi connectivity index (χ3v) is 3.93. The Morgan fingerprint density at radius 1 is 1.24 bits per heavy atom. The lowest BCUT2D eigenvalue weighted by atomic mass is 10.2. The van der Waals surface area contributed by atoms with Gasteiger partial charge in [-0.3, -0.25) is 4.79 Å². The normalized spacial score (nSPS) is 16.5. The number of hydrogen-bond donors (Lipinski definition) is 1. The number of benzene rings is 2. The molecule has 1 saturated heterocycles. The molecule has 2 N–H and O–H groups in total. The Hall–Kier alpha value is -2.44. The van der Waals surface area contributed by atoms with Crippen molar-refractivity contribution in [3.63, 3.8) is 0 Å². The summed E-state index contributed by atoms with van der Waals surface area (Å²) in [6, 6.07) is 12.6. The Labute approximate surface area is 151 Å². The Morgan fingerprint density at radius 3 is 2.56 bits per heavy atom. The van der Waals surface area contributed by atoms with Gasteiger partial charge in [-0.1, -0.05) is 30.3 Å². The number of ether oxygens (including phenoxy) is 1. The van der Waals surface area contributed by atoms with Crippen LogP contribution in [-0.4, -0.2) is 24.5 Å². The van der Waals surface area contributed by atoms with E-state index in [1.54, 1.807) is 0 Å². The maximum Gasteiger partial charge on any atom is 0.338 e. The van der Waals surface area contributed by atoms with E-state index < -0.39 is 17.8 Å². The van der Waals surface area contributed by atoms with Gasteiger partial charge in [-0.05, 0) is 30.2 Å². The van der Waals surface area contributed by atoms with Crippen LogP contribution in [0, 0.1) is 5.82 Å². The molecule has 1 unspecified atom stereocenters. The van der Waals surface area contributed by atoms with Crippen LogP contribution in [0.4, 0.5) is 10.1 Å². The fourth-order valence-corrected chi connectivity index (χ4v) is 2.60. The van der Waals surface area contributed by atoms with Crippen LogP contribution in [0.15, 0.2) is 48.5 Å². The molecule has 2 aromatic rings. The van der Waals surface area contributed by atoms with Gasteiger partial charge in [0.25, 0.3) is 0 Å². The van der Waals surface area contributed by atoms with Crippen molar-refractivity contribution in [2.24, 2.45) is 5.73 Å². The van der Waals surface area contributed by atoms with Crippen LogP contribution in [0.1, 0.15) is 22.3 Å². The molecule has 1 atom stereocenters. The van der Waals surface area contributed by atoms with E-state index >= 15 is 0 Å². The van der Waals surface area contributed by atoms with Gasteiger partial charge in [0.05, 0.1) is 17.3 Å². The van der Waals surface area contributed by atoms with Crippen molar-refractivity contribution >= 4 is 30.0 Å². The molecule has 0 bridgehead atoms. The number of anilines is 1. The van der Waals surface area contributed by atoms with Crippen molar-refractivity contribution in [3.05, 3.63) is 65.5 Å². The van der Waals surface area contributed by atoms with Gasteiger partial charge in [0.2, 0.25) is 5.91 Å². The summed E-state index contributed by atoms with van der Waals surface area (Å²) >= 11 is 0. The highest BCUT2D eigenvalue weighted by molar-refractivity contribution is 6.00. The third-order valence-electron chi connectivity index (χ3n) is 3.93. The second-order valence-electron chi connectivity index (χ2n) is 5.61. The second-order valence-corrected chi connectivity index (χ2v) is 5.61. The highest BCUT2D eigenvalue weighted by atomic mass is 35.5. The van der Waals surface area contributed by atoms with E-state index in [1.165, 1.54) is 17.0 Å². The molecule has 1 amide bonds. The van der Waals surface area contributed by atoms with Gasteiger partial charge in [0.15, 0.2) is 0 Å². The molecular formula is C18H18ClFN2O3. The first-order valence-electron chi connectivity index (χ1n) is 7.64. The Kier molecular flexibility index (Phi) is 6.12. The molecule has 132 valence electrons. The molecule has 0 aliphatic carbocycles. The van der Waals surface area contributed by atoms with Gasteiger partial charge in [-0.15, -0.1) is 12.4 Å². The standard InChI is InChI=1S/C18H17FN2O3.ClH/c19-14-10-13(18(23)24-11-12-4-2-1-3-5-12)6-7-16(14)21-9-8-15(20)17(21)22;/h1-7,10,15H,8-9,11,20H2;1H. The number of carbonyl (C=O) groups excluding carboxylic acids is 2. The summed E-state index contributed by atoms with van der Waals surface area (Å²) in [7, 11) is 0. The molecule has 3 rings (SSSR count). The quantitative estimate of drug-likeness (QED) is 0.846. The van der Waals surface area contributed by atoms with Crippen LogP contribution in [0.2, 0.25) is 0 Å². The largest absolute Gasteiger partial charge is 0.457 e. The lowest BCUT2D eigenvalue weighted by Gasteiger charge is -2.17. The summed E-state index contributed by atoms with van der Waals surface area (Å²) in [5, 5.41) is 0. The first kappa shape index (κ1) is 18.9. The molecule has 1 aliphatic heterocycles. The third kappa shape index (κ3) is 4.15. The van der Waals surface area contributed by atoms with Gasteiger partial charge < -0.3 is 15.4 Å². The molecule has 0 radical (unpaired) electrons. The van der Waals surface area contributed by atoms with Crippen molar-refractivity contribution in [1.82, 2.24) is 0 Å². The number of esters is 1.